The monoisotopic (exact) mass is 187 g/mol. The lowest BCUT2D eigenvalue weighted by atomic mass is 9.77. The predicted octanol–water partition coefficient (Wildman–Crippen LogP) is 2.94. The highest BCUT2D eigenvalue weighted by Crippen LogP contribution is 2.41. The Morgan fingerprint density at radius 3 is 2.86 bits per heavy atom. The third kappa shape index (κ3) is 1.19. The van der Waals surface area contributed by atoms with E-state index in [1.807, 2.05) is 0 Å². The number of aryl methyl sites for hydroxylation is 1. The van der Waals surface area contributed by atoms with E-state index in [1.165, 1.54) is 30.4 Å². The maximum Gasteiger partial charge on any atom is 0.0354 e. The number of rotatable bonds is 1. The molecule has 1 heterocycles. The molecule has 1 aliphatic carbocycles. The Bertz CT molecular complexity index is 352. The largest absolute Gasteiger partial charge is 0.306 e. The van der Waals surface area contributed by atoms with Crippen LogP contribution in [-0.4, -0.2) is 0 Å². The summed E-state index contributed by atoms with van der Waals surface area (Å²) < 4.78 is 0. The number of hydrogen-bond donors (Lipinski definition) is 1. The summed E-state index contributed by atoms with van der Waals surface area (Å²) in [5.74, 6) is 0.916. The van der Waals surface area contributed by atoms with Crippen LogP contribution in [0, 0.1) is 12.8 Å². The summed E-state index contributed by atoms with van der Waals surface area (Å²) >= 11 is 0. The summed E-state index contributed by atoms with van der Waals surface area (Å²) in [5.41, 5.74) is 4.49. The van der Waals surface area contributed by atoms with Gasteiger partial charge >= 0.3 is 0 Å². The molecule has 1 aromatic carbocycles. The normalized spacial score (nSPS) is 25.9. The lowest BCUT2D eigenvalue weighted by Crippen LogP contribution is -2.26. The minimum absolute atomic E-state index is 0.666. The Kier molecular flexibility index (Phi) is 1.88. The fourth-order valence-corrected chi connectivity index (χ4v) is 2.71. The molecule has 1 atom stereocenters. The maximum atomic E-state index is 3.65. The first-order valence-electron chi connectivity index (χ1n) is 5.67. The molecule has 0 spiro atoms. The van der Waals surface area contributed by atoms with Crippen molar-refractivity contribution in [2.75, 3.05) is 0 Å². The van der Waals surface area contributed by atoms with Gasteiger partial charge in [0.2, 0.25) is 0 Å². The zero-order valence-corrected chi connectivity index (χ0v) is 8.72. The van der Waals surface area contributed by atoms with Crippen molar-refractivity contribution >= 4 is 0 Å². The molecule has 1 aromatic rings. The van der Waals surface area contributed by atoms with Crippen LogP contribution in [0.5, 0.6) is 0 Å². The second kappa shape index (κ2) is 3.09. The Morgan fingerprint density at radius 2 is 2.14 bits per heavy atom. The van der Waals surface area contributed by atoms with Crippen molar-refractivity contribution in [3.05, 3.63) is 34.9 Å². The van der Waals surface area contributed by atoms with Crippen LogP contribution >= 0.6 is 0 Å². The molecule has 74 valence electrons. The van der Waals surface area contributed by atoms with Gasteiger partial charge in [-0.1, -0.05) is 30.2 Å². The minimum Gasteiger partial charge on any atom is -0.306 e. The van der Waals surface area contributed by atoms with E-state index in [9.17, 15) is 0 Å². The SMILES string of the molecule is Cc1ccc2c(c1)CNC2C1CCC1. The average molecular weight is 187 g/mol. The summed E-state index contributed by atoms with van der Waals surface area (Å²) in [7, 11) is 0. The van der Waals surface area contributed by atoms with Gasteiger partial charge in [0, 0.05) is 12.6 Å². The van der Waals surface area contributed by atoms with E-state index < -0.39 is 0 Å². The van der Waals surface area contributed by atoms with Crippen molar-refractivity contribution < 1.29 is 0 Å². The smallest absolute Gasteiger partial charge is 0.0354 e. The van der Waals surface area contributed by atoms with Crippen LogP contribution in [0.25, 0.3) is 0 Å². The van der Waals surface area contributed by atoms with Crippen molar-refractivity contribution in [2.24, 2.45) is 5.92 Å². The molecule has 1 nitrogen and oxygen atoms in total. The molecule has 14 heavy (non-hydrogen) atoms. The van der Waals surface area contributed by atoms with Gasteiger partial charge in [0.25, 0.3) is 0 Å². The predicted molar refractivity (Wildman–Crippen MR) is 58.1 cm³/mol. The third-order valence-corrected chi connectivity index (χ3v) is 3.77. The van der Waals surface area contributed by atoms with Gasteiger partial charge in [-0.25, -0.2) is 0 Å². The van der Waals surface area contributed by atoms with Crippen molar-refractivity contribution in [3.63, 3.8) is 0 Å². The van der Waals surface area contributed by atoms with E-state index in [-0.39, 0.29) is 0 Å². The number of fused-ring (bicyclic) bond motifs is 1. The Morgan fingerprint density at radius 1 is 1.29 bits per heavy atom. The van der Waals surface area contributed by atoms with Crippen LogP contribution in [0.15, 0.2) is 18.2 Å². The highest BCUT2D eigenvalue weighted by molar-refractivity contribution is 5.37. The topological polar surface area (TPSA) is 12.0 Å². The minimum atomic E-state index is 0.666. The van der Waals surface area contributed by atoms with Gasteiger partial charge in [-0.15, -0.1) is 0 Å². The average Bonchev–Trinajstić information content (AvgIpc) is 2.45. The summed E-state index contributed by atoms with van der Waals surface area (Å²) in [6, 6.07) is 7.57. The van der Waals surface area contributed by atoms with E-state index in [1.54, 1.807) is 5.56 Å². The molecule has 0 saturated heterocycles. The van der Waals surface area contributed by atoms with Gasteiger partial charge in [0.15, 0.2) is 0 Å². The van der Waals surface area contributed by atoms with Crippen LogP contribution in [-0.2, 0) is 6.54 Å². The lowest BCUT2D eigenvalue weighted by molar-refractivity contribution is 0.240. The Labute approximate surface area is 85.5 Å². The molecular formula is C13H17N. The summed E-state index contributed by atoms with van der Waals surface area (Å²) in [5, 5.41) is 3.65. The van der Waals surface area contributed by atoms with E-state index >= 15 is 0 Å². The van der Waals surface area contributed by atoms with Crippen LogP contribution in [0.2, 0.25) is 0 Å². The summed E-state index contributed by atoms with van der Waals surface area (Å²) in [4.78, 5) is 0. The van der Waals surface area contributed by atoms with Crippen LogP contribution in [0.1, 0.15) is 42.0 Å². The maximum absolute atomic E-state index is 3.65. The zero-order valence-electron chi connectivity index (χ0n) is 8.72. The first-order chi connectivity index (χ1) is 6.84. The van der Waals surface area contributed by atoms with Crippen LogP contribution in [0.3, 0.4) is 0 Å². The standard InChI is InChI=1S/C13H17N/c1-9-5-6-12-11(7-9)8-14-13(12)10-3-2-4-10/h5-7,10,13-14H,2-4,8H2,1H3. The lowest BCUT2D eigenvalue weighted by Gasteiger charge is -2.32. The first kappa shape index (κ1) is 8.49. The van der Waals surface area contributed by atoms with Gasteiger partial charge in [0.1, 0.15) is 0 Å². The van der Waals surface area contributed by atoms with E-state index in [0.717, 1.165) is 12.5 Å². The van der Waals surface area contributed by atoms with Gasteiger partial charge in [0.05, 0.1) is 0 Å². The van der Waals surface area contributed by atoms with Crippen molar-refractivity contribution in [3.8, 4) is 0 Å². The second-order valence-electron chi connectivity index (χ2n) is 4.75. The van der Waals surface area contributed by atoms with E-state index in [0.29, 0.717) is 6.04 Å². The highest BCUT2D eigenvalue weighted by atomic mass is 14.9. The Balaban J connectivity index is 1.93. The zero-order chi connectivity index (χ0) is 9.54. The number of benzene rings is 1. The summed E-state index contributed by atoms with van der Waals surface area (Å²) in [6.45, 7) is 3.26. The van der Waals surface area contributed by atoms with Gasteiger partial charge in [-0.3, -0.25) is 0 Å². The van der Waals surface area contributed by atoms with E-state index in [2.05, 4.69) is 30.4 Å². The molecule has 1 unspecified atom stereocenters. The van der Waals surface area contributed by atoms with E-state index in [4.69, 9.17) is 0 Å². The van der Waals surface area contributed by atoms with Crippen LogP contribution in [0.4, 0.5) is 0 Å². The van der Waals surface area contributed by atoms with Gasteiger partial charge < -0.3 is 5.32 Å². The molecule has 0 aromatic heterocycles. The summed E-state index contributed by atoms with van der Waals surface area (Å²) in [6.07, 6.45) is 4.28. The molecule has 0 bridgehead atoms. The van der Waals surface area contributed by atoms with Gasteiger partial charge in [-0.2, -0.15) is 0 Å². The second-order valence-corrected chi connectivity index (χ2v) is 4.75. The quantitative estimate of drug-likeness (QED) is 0.712. The van der Waals surface area contributed by atoms with Crippen molar-refractivity contribution in [2.45, 2.75) is 38.8 Å². The molecule has 0 amide bonds. The molecule has 2 aliphatic rings. The molecule has 1 fully saturated rings. The molecule has 1 N–H and O–H groups in total. The molecule has 1 aliphatic heterocycles. The fourth-order valence-electron chi connectivity index (χ4n) is 2.71. The Hall–Kier alpha value is -0.820. The molecule has 1 heteroatoms. The molecule has 3 rings (SSSR count). The molecular weight excluding hydrogens is 170 g/mol. The highest BCUT2D eigenvalue weighted by Gasteiger charge is 2.32. The number of nitrogens with one attached hydrogen (secondary N) is 1. The third-order valence-electron chi connectivity index (χ3n) is 3.77. The van der Waals surface area contributed by atoms with Gasteiger partial charge in [-0.05, 0) is 36.8 Å². The van der Waals surface area contributed by atoms with Crippen molar-refractivity contribution in [1.29, 1.82) is 0 Å². The molecule has 0 radical (unpaired) electrons. The first-order valence-corrected chi connectivity index (χ1v) is 5.67. The molecule has 1 saturated carbocycles. The fraction of sp³-hybridized carbons (Fsp3) is 0.538. The van der Waals surface area contributed by atoms with Crippen LogP contribution < -0.4 is 5.32 Å². The van der Waals surface area contributed by atoms with Crippen molar-refractivity contribution in [1.82, 2.24) is 5.32 Å². The number of hydrogen-bond acceptors (Lipinski definition) is 1.